The number of thioether (sulfide) groups is 1. The zero-order valence-corrected chi connectivity index (χ0v) is 20.1. The lowest BCUT2D eigenvalue weighted by molar-refractivity contribution is -0.154. The van der Waals surface area contributed by atoms with Crippen molar-refractivity contribution in [3.63, 3.8) is 0 Å². The number of hydrogen-bond acceptors (Lipinski definition) is 6. The topological polar surface area (TPSA) is 87.2 Å². The molecule has 0 aromatic carbocycles. The van der Waals surface area contributed by atoms with Gasteiger partial charge in [-0.2, -0.15) is 0 Å². The number of cyclic esters (lactones) is 1. The lowest BCUT2D eigenvalue weighted by Gasteiger charge is -2.40. The van der Waals surface area contributed by atoms with Crippen LogP contribution in [0.5, 0.6) is 0 Å². The Morgan fingerprint density at radius 1 is 1.19 bits per heavy atom. The van der Waals surface area contributed by atoms with Gasteiger partial charge in [0.15, 0.2) is 0 Å². The van der Waals surface area contributed by atoms with Gasteiger partial charge in [0, 0.05) is 17.3 Å². The molecule has 2 amide bonds. The van der Waals surface area contributed by atoms with Crippen molar-refractivity contribution < 1.29 is 24.2 Å². The Labute approximate surface area is 194 Å². The van der Waals surface area contributed by atoms with Gasteiger partial charge in [0.05, 0.1) is 35.8 Å². The first kappa shape index (κ1) is 23.4. The lowest BCUT2D eigenvalue weighted by atomic mass is 9.74. The summed E-state index contributed by atoms with van der Waals surface area (Å²) in [5.41, 5.74) is 0. The van der Waals surface area contributed by atoms with Gasteiger partial charge in [-0.05, 0) is 40.0 Å². The average molecular weight is 463 g/mol. The Balaban J connectivity index is 1.91. The second-order valence-electron chi connectivity index (χ2n) is 9.69. The summed E-state index contributed by atoms with van der Waals surface area (Å²) in [6, 6.07) is -1.28. The monoisotopic (exact) mass is 462 g/mol. The molecule has 4 heterocycles. The van der Waals surface area contributed by atoms with Crippen LogP contribution in [0.4, 0.5) is 0 Å². The summed E-state index contributed by atoms with van der Waals surface area (Å²) >= 11 is 1.55. The highest BCUT2D eigenvalue weighted by Gasteiger charge is 2.74. The zero-order valence-electron chi connectivity index (χ0n) is 19.3. The van der Waals surface area contributed by atoms with Gasteiger partial charge in [0.1, 0.15) is 6.04 Å². The fourth-order valence-electron chi connectivity index (χ4n) is 5.86. The molecule has 32 heavy (non-hydrogen) atoms. The van der Waals surface area contributed by atoms with Crippen molar-refractivity contribution in [2.75, 3.05) is 19.8 Å². The number of hydrogen-bond donors (Lipinski definition) is 1. The van der Waals surface area contributed by atoms with E-state index in [9.17, 15) is 19.5 Å². The number of carbonyl (C=O) groups excluding carboxylic acids is 3. The fourth-order valence-corrected chi connectivity index (χ4v) is 8.00. The maximum atomic E-state index is 14.0. The summed E-state index contributed by atoms with van der Waals surface area (Å²) in [6.07, 6.45) is 10.2. The van der Waals surface area contributed by atoms with Crippen molar-refractivity contribution in [1.82, 2.24) is 9.80 Å². The van der Waals surface area contributed by atoms with E-state index in [1.165, 1.54) is 0 Å². The van der Waals surface area contributed by atoms with Crippen LogP contribution in [0.15, 0.2) is 24.3 Å². The number of amides is 2. The first-order valence-electron chi connectivity index (χ1n) is 11.7. The minimum atomic E-state index is -0.887. The summed E-state index contributed by atoms with van der Waals surface area (Å²) in [7, 11) is 0. The normalized spacial score (nSPS) is 38.9. The number of esters is 1. The molecular formula is C24H34N2O5S. The Morgan fingerprint density at radius 2 is 1.94 bits per heavy atom. The number of nitrogens with zero attached hydrogens (tertiary/aromatic N) is 2. The first-order chi connectivity index (χ1) is 15.2. The van der Waals surface area contributed by atoms with Gasteiger partial charge in [-0.3, -0.25) is 14.4 Å². The van der Waals surface area contributed by atoms with E-state index < -0.39 is 33.4 Å². The molecule has 2 saturated heterocycles. The fraction of sp³-hybridized carbons (Fsp3) is 0.708. The minimum absolute atomic E-state index is 0.0310. The number of likely N-dealkylation sites (tertiary alicyclic amines) is 1. The maximum Gasteiger partial charge on any atom is 0.311 e. The maximum absolute atomic E-state index is 14.0. The number of ether oxygens (including phenoxy) is 1. The van der Waals surface area contributed by atoms with Gasteiger partial charge in [-0.15, -0.1) is 11.8 Å². The van der Waals surface area contributed by atoms with Gasteiger partial charge >= 0.3 is 5.97 Å². The molecule has 2 fully saturated rings. The van der Waals surface area contributed by atoms with Crippen LogP contribution in [-0.4, -0.2) is 80.1 Å². The van der Waals surface area contributed by atoms with Crippen LogP contribution in [0.1, 0.15) is 47.0 Å². The van der Waals surface area contributed by atoms with Crippen molar-refractivity contribution in [2.24, 2.45) is 11.8 Å². The van der Waals surface area contributed by atoms with Gasteiger partial charge < -0.3 is 19.6 Å². The molecule has 4 rings (SSSR count). The highest BCUT2D eigenvalue weighted by molar-refractivity contribution is 8.02. The third kappa shape index (κ3) is 3.33. The molecule has 4 aliphatic heterocycles. The van der Waals surface area contributed by atoms with Crippen molar-refractivity contribution in [2.45, 2.75) is 74.6 Å². The molecule has 0 aliphatic carbocycles. The Bertz CT molecular complexity index is 853. The highest BCUT2D eigenvalue weighted by atomic mass is 32.2. The van der Waals surface area contributed by atoms with Crippen LogP contribution in [0.3, 0.4) is 0 Å². The summed E-state index contributed by atoms with van der Waals surface area (Å²) < 4.78 is 4.06. The van der Waals surface area contributed by atoms with E-state index in [0.717, 1.165) is 12.8 Å². The van der Waals surface area contributed by atoms with Crippen LogP contribution < -0.4 is 0 Å². The Kier molecular flexibility index (Phi) is 6.22. The molecule has 0 aromatic rings. The largest absolute Gasteiger partial charge is 0.465 e. The molecule has 8 heteroatoms. The van der Waals surface area contributed by atoms with Crippen molar-refractivity contribution >= 4 is 29.5 Å². The highest BCUT2D eigenvalue weighted by Crippen LogP contribution is 2.65. The van der Waals surface area contributed by atoms with Crippen LogP contribution in [-0.2, 0) is 19.1 Å². The SMILES string of the molecule is CC[C@@H](CO)N1C(=O)[C@@H]2[C@@H]3C(=O)OCCC/C=C\[C@]3(C)S[C@@]23C=CCN(C(C)C)C(=O)C13. The number of rotatable bonds is 4. The van der Waals surface area contributed by atoms with E-state index >= 15 is 0 Å². The van der Waals surface area contributed by atoms with Crippen LogP contribution >= 0.6 is 11.8 Å². The van der Waals surface area contributed by atoms with E-state index in [-0.39, 0.29) is 30.4 Å². The van der Waals surface area contributed by atoms with E-state index in [4.69, 9.17) is 4.74 Å². The number of aliphatic hydroxyl groups is 1. The van der Waals surface area contributed by atoms with Gasteiger partial charge in [-0.25, -0.2) is 0 Å². The molecular weight excluding hydrogens is 428 g/mol. The summed E-state index contributed by atoms with van der Waals surface area (Å²) in [5.74, 6) is -2.13. The average Bonchev–Trinajstić information content (AvgIpc) is 3.09. The predicted molar refractivity (Wildman–Crippen MR) is 123 cm³/mol. The molecule has 0 saturated carbocycles. The smallest absolute Gasteiger partial charge is 0.311 e. The second-order valence-corrected chi connectivity index (χ2v) is 11.5. The number of allylic oxidation sites excluding steroid dienone is 1. The van der Waals surface area contributed by atoms with Crippen molar-refractivity contribution in [1.29, 1.82) is 0 Å². The lowest BCUT2D eigenvalue weighted by Crippen LogP contribution is -2.57. The van der Waals surface area contributed by atoms with Gasteiger partial charge in [0.25, 0.3) is 0 Å². The Hall–Kier alpha value is -1.80. The van der Waals surface area contributed by atoms with Crippen LogP contribution in [0, 0.1) is 11.8 Å². The van der Waals surface area contributed by atoms with E-state index in [1.807, 2.05) is 45.9 Å². The molecule has 176 valence electrons. The molecule has 0 radical (unpaired) electrons. The summed E-state index contributed by atoms with van der Waals surface area (Å²) in [4.78, 5) is 44.7. The first-order valence-corrected chi connectivity index (χ1v) is 12.5. The third-order valence-electron chi connectivity index (χ3n) is 7.42. The minimum Gasteiger partial charge on any atom is -0.465 e. The molecule has 4 aliphatic rings. The molecule has 0 bridgehead atoms. The van der Waals surface area contributed by atoms with Gasteiger partial charge in [-0.1, -0.05) is 31.2 Å². The third-order valence-corrected chi connectivity index (χ3v) is 9.21. The number of aliphatic hydroxyl groups excluding tert-OH is 1. The molecule has 0 aromatic heterocycles. The number of carbonyl (C=O) groups is 3. The van der Waals surface area contributed by atoms with E-state index in [2.05, 4.69) is 6.08 Å². The standard InChI is InChI=1S/C24H34N2O5S/c1-5-16(14-27)26-19-21(29)25(15(2)3)12-9-11-24(19)17(20(26)28)18-22(30)31-13-8-6-7-10-23(18,4)32-24/h7,9-11,15-19,27H,5-6,8,12-14H2,1-4H3/b10-7-/t16-,17-,18+,19?,23-,24-/m0/s1. The quantitative estimate of drug-likeness (QED) is 0.509. The molecule has 1 spiro atoms. The van der Waals surface area contributed by atoms with Crippen LogP contribution in [0.2, 0.25) is 0 Å². The zero-order chi connectivity index (χ0) is 23.3. The molecule has 1 N–H and O–H groups in total. The summed E-state index contributed by atoms with van der Waals surface area (Å²) in [5, 5.41) is 10.1. The van der Waals surface area contributed by atoms with Gasteiger partial charge in [0.2, 0.25) is 11.8 Å². The van der Waals surface area contributed by atoms with Crippen molar-refractivity contribution in [3.8, 4) is 0 Å². The summed E-state index contributed by atoms with van der Waals surface area (Å²) in [6.45, 7) is 8.38. The molecule has 1 unspecified atom stereocenters. The van der Waals surface area contributed by atoms with E-state index in [0.29, 0.717) is 19.6 Å². The van der Waals surface area contributed by atoms with Crippen LogP contribution in [0.25, 0.3) is 0 Å². The Morgan fingerprint density at radius 3 is 2.59 bits per heavy atom. The van der Waals surface area contributed by atoms with E-state index in [1.54, 1.807) is 21.6 Å². The number of fused-ring (bicyclic) bond motifs is 2. The molecule has 7 nitrogen and oxygen atoms in total. The van der Waals surface area contributed by atoms with Crippen molar-refractivity contribution in [3.05, 3.63) is 24.3 Å². The molecule has 6 atom stereocenters. The predicted octanol–water partition coefficient (Wildman–Crippen LogP) is 2.14. The second kappa shape index (κ2) is 8.52.